The number of methoxy groups -OCH3 is 1. The zero-order valence-electron chi connectivity index (χ0n) is 6.99. The molecule has 0 radical (unpaired) electrons. The van der Waals surface area contributed by atoms with E-state index in [4.69, 9.17) is 15.2 Å². The van der Waals surface area contributed by atoms with Crippen LogP contribution in [0.2, 0.25) is 0 Å². The Balaban J connectivity index is 2.30. The molecule has 0 aromatic carbocycles. The topological polar surface area (TPSA) is 70.8 Å². The minimum absolute atomic E-state index is 0.300. The molecule has 12 heavy (non-hydrogen) atoms. The molecular formula is C7H13NO4. The van der Waals surface area contributed by atoms with Crippen LogP contribution in [0.4, 0.5) is 0 Å². The van der Waals surface area contributed by atoms with E-state index in [1.54, 1.807) is 0 Å². The van der Waals surface area contributed by atoms with Gasteiger partial charge < -0.3 is 19.9 Å². The molecule has 0 atom stereocenters. The highest BCUT2D eigenvalue weighted by Gasteiger charge is 2.27. The highest BCUT2D eigenvalue weighted by Crippen LogP contribution is 2.11. The Morgan fingerprint density at radius 1 is 1.58 bits per heavy atom. The van der Waals surface area contributed by atoms with E-state index < -0.39 is 0 Å². The predicted octanol–water partition coefficient (Wildman–Crippen LogP) is -0.893. The molecular weight excluding hydrogens is 162 g/mol. The van der Waals surface area contributed by atoms with Gasteiger partial charge in [0, 0.05) is 6.54 Å². The van der Waals surface area contributed by atoms with Crippen molar-refractivity contribution in [3.05, 3.63) is 0 Å². The van der Waals surface area contributed by atoms with Crippen molar-refractivity contribution in [1.82, 2.24) is 0 Å². The number of ether oxygens (including phenoxy) is 3. The third-order valence-electron chi connectivity index (χ3n) is 1.69. The number of hydrogen-bond donors (Lipinski definition) is 1. The SMILES string of the molecule is COC(=O)C1COC(CN)OC1. The van der Waals surface area contributed by atoms with Gasteiger partial charge in [-0.25, -0.2) is 0 Å². The Bertz CT molecular complexity index is 153. The van der Waals surface area contributed by atoms with Crippen molar-refractivity contribution < 1.29 is 19.0 Å². The fourth-order valence-corrected chi connectivity index (χ4v) is 0.982. The highest BCUT2D eigenvalue weighted by molar-refractivity contribution is 5.72. The van der Waals surface area contributed by atoms with Crippen LogP contribution in [0.3, 0.4) is 0 Å². The Kier molecular flexibility index (Phi) is 3.46. The molecule has 1 rings (SSSR count). The third-order valence-corrected chi connectivity index (χ3v) is 1.69. The molecule has 0 unspecified atom stereocenters. The monoisotopic (exact) mass is 175 g/mol. The largest absolute Gasteiger partial charge is 0.469 e. The van der Waals surface area contributed by atoms with Gasteiger partial charge in [-0.15, -0.1) is 0 Å². The van der Waals surface area contributed by atoms with Crippen molar-refractivity contribution in [2.45, 2.75) is 6.29 Å². The van der Waals surface area contributed by atoms with Crippen LogP contribution in [0.5, 0.6) is 0 Å². The smallest absolute Gasteiger partial charge is 0.313 e. The number of esters is 1. The lowest BCUT2D eigenvalue weighted by molar-refractivity contribution is -0.203. The summed E-state index contributed by atoms with van der Waals surface area (Å²) in [5.74, 6) is -0.608. The van der Waals surface area contributed by atoms with Gasteiger partial charge in [-0.3, -0.25) is 4.79 Å². The van der Waals surface area contributed by atoms with Crippen molar-refractivity contribution >= 4 is 5.97 Å². The van der Waals surface area contributed by atoms with Gasteiger partial charge in [-0.2, -0.15) is 0 Å². The van der Waals surface area contributed by atoms with Crippen LogP contribution in [0.15, 0.2) is 0 Å². The second-order valence-electron chi connectivity index (χ2n) is 2.55. The average molecular weight is 175 g/mol. The standard InChI is InChI=1S/C7H13NO4/c1-10-7(9)5-3-11-6(2-8)12-4-5/h5-6H,2-4,8H2,1H3. The van der Waals surface area contributed by atoms with E-state index in [2.05, 4.69) is 4.74 Å². The van der Waals surface area contributed by atoms with Crippen molar-refractivity contribution in [2.75, 3.05) is 26.9 Å². The van der Waals surface area contributed by atoms with E-state index in [1.807, 2.05) is 0 Å². The fourth-order valence-electron chi connectivity index (χ4n) is 0.982. The van der Waals surface area contributed by atoms with Crippen molar-refractivity contribution in [2.24, 2.45) is 11.7 Å². The lowest BCUT2D eigenvalue weighted by Crippen LogP contribution is -2.40. The van der Waals surface area contributed by atoms with Crippen molar-refractivity contribution in [3.8, 4) is 0 Å². The Labute approximate surface area is 70.8 Å². The summed E-state index contributed by atoms with van der Waals surface area (Å²) in [6, 6.07) is 0. The molecule has 70 valence electrons. The lowest BCUT2D eigenvalue weighted by Gasteiger charge is -2.26. The first-order valence-corrected chi connectivity index (χ1v) is 3.79. The molecule has 0 aromatic heterocycles. The minimum Gasteiger partial charge on any atom is -0.469 e. The molecule has 0 spiro atoms. The molecule has 0 amide bonds. The van der Waals surface area contributed by atoms with Crippen molar-refractivity contribution in [1.29, 1.82) is 0 Å². The molecule has 1 aliphatic rings. The van der Waals surface area contributed by atoms with Crippen LogP contribution < -0.4 is 5.73 Å². The molecule has 1 heterocycles. The number of carbonyl (C=O) groups is 1. The molecule has 1 fully saturated rings. The molecule has 0 aliphatic carbocycles. The van der Waals surface area contributed by atoms with Gasteiger partial charge in [0.25, 0.3) is 0 Å². The molecule has 2 N–H and O–H groups in total. The summed E-state index contributed by atoms with van der Waals surface area (Å²) in [5.41, 5.74) is 5.29. The van der Waals surface area contributed by atoms with Crippen LogP contribution in [0.1, 0.15) is 0 Å². The Hall–Kier alpha value is -0.650. The van der Waals surface area contributed by atoms with Crippen LogP contribution in [-0.4, -0.2) is 39.1 Å². The summed E-state index contributed by atoms with van der Waals surface area (Å²) in [6.45, 7) is 0.969. The first-order valence-electron chi connectivity index (χ1n) is 3.79. The zero-order chi connectivity index (χ0) is 8.97. The summed E-state index contributed by atoms with van der Waals surface area (Å²) in [6.07, 6.45) is -0.370. The Morgan fingerprint density at radius 2 is 2.17 bits per heavy atom. The van der Waals surface area contributed by atoms with Crippen LogP contribution in [0, 0.1) is 5.92 Å². The van der Waals surface area contributed by atoms with E-state index in [0.29, 0.717) is 19.8 Å². The average Bonchev–Trinajstić information content (AvgIpc) is 2.17. The first-order chi connectivity index (χ1) is 5.77. The van der Waals surface area contributed by atoms with Gasteiger partial charge in [-0.05, 0) is 0 Å². The summed E-state index contributed by atoms with van der Waals surface area (Å²) in [7, 11) is 1.34. The second-order valence-corrected chi connectivity index (χ2v) is 2.55. The maximum Gasteiger partial charge on any atom is 0.313 e. The number of rotatable bonds is 2. The molecule has 5 nitrogen and oxygen atoms in total. The Morgan fingerprint density at radius 3 is 2.58 bits per heavy atom. The quantitative estimate of drug-likeness (QED) is 0.551. The predicted molar refractivity (Wildman–Crippen MR) is 40.3 cm³/mol. The molecule has 1 aliphatic heterocycles. The maximum atomic E-state index is 10.9. The van der Waals surface area contributed by atoms with Gasteiger partial charge in [0.2, 0.25) is 0 Å². The summed E-state index contributed by atoms with van der Waals surface area (Å²) in [4.78, 5) is 10.9. The van der Waals surface area contributed by atoms with Crippen LogP contribution in [0.25, 0.3) is 0 Å². The number of nitrogens with two attached hydrogens (primary N) is 1. The van der Waals surface area contributed by atoms with E-state index in [-0.39, 0.29) is 18.2 Å². The minimum atomic E-state index is -0.370. The fraction of sp³-hybridized carbons (Fsp3) is 0.857. The molecule has 5 heteroatoms. The summed E-state index contributed by atoms with van der Waals surface area (Å²) in [5, 5.41) is 0. The lowest BCUT2D eigenvalue weighted by atomic mass is 10.2. The van der Waals surface area contributed by atoms with Gasteiger partial charge in [-0.1, -0.05) is 0 Å². The van der Waals surface area contributed by atoms with E-state index in [9.17, 15) is 4.79 Å². The van der Waals surface area contributed by atoms with E-state index in [1.165, 1.54) is 7.11 Å². The normalized spacial score (nSPS) is 29.8. The summed E-state index contributed by atoms with van der Waals surface area (Å²) < 4.78 is 14.8. The maximum absolute atomic E-state index is 10.9. The second kappa shape index (κ2) is 4.39. The highest BCUT2D eigenvalue weighted by atomic mass is 16.7. The first kappa shape index (κ1) is 9.44. The summed E-state index contributed by atoms with van der Waals surface area (Å²) >= 11 is 0. The molecule has 0 bridgehead atoms. The molecule has 1 saturated heterocycles. The number of hydrogen-bond acceptors (Lipinski definition) is 5. The van der Waals surface area contributed by atoms with Gasteiger partial charge in [0.15, 0.2) is 6.29 Å². The molecule has 0 saturated carbocycles. The van der Waals surface area contributed by atoms with Crippen LogP contribution >= 0.6 is 0 Å². The van der Waals surface area contributed by atoms with E-state index >= 15 is 0 Å². The van der Waals surface area contributed by atoms with Gasteiger partial charge >= 0.3 is 5.97 Å². The van der Waals surface area contributed by atoms with Gasteiger partial charge in [0.05, 0.1) is 20.3 Å². The van der Waals surface area contributed by atoms with Crippen molar-refractivity contribution in [3.63, 3.8) is 0 Å². The van der Waals surface area contributed by atoms with Gasteiger partial charge in [0.1, 0.15) is 5.92 Å². The zero-order valence-corrected chi connectivity index (χ0v) is 6.99. The molecule has 0 aromatic rings. The number of carbonyl (C=O) groups excluding carboxylic acids is 1. The van der Waals surface area contributed by atoms with Crippen LogP contribution in [-0.2, 0) is 19.0 Å². The third kappa shape index (κ3) is 2.17. The van der Waals surface area contributed by atoms with E-state index in [0.717, 1.165) is 0 Å².